The van der Waals surface area contributed by atoms with Crippen molar-refractivity contribution >= 4 is 0 Å². The predicted octanol–water partition coefficient (Wildman–Crippen LogP) is 4.62. The average molecular weight is 232 g/mol. The third-order valence-corrected chi connectivity index (χ3v) is 4.30. The topological polar surface area (TPSA) is 20.2 Å². The minimum atomic E-state index is 0.178. The highest BCUT2D eigenvalue weighted by atomic mass is 16.3. The highest BCUT2D eigenvalue weighted by molar-refractivity contribution is 5.46. The highest BCUT2D eigenvalue weighted by Gasteiger charge is 2.30. The molecule has 1 fully saturated rings. The zero-order valence-corrected chi connectivity index (χ0v) is 11.3. The van der Waals surface area contributed by atoms with E-state index in [2.05, 4.69) is 26.0 Å². The molecule has 0 heterocycles. The van der Waals surface area contributed by atoms with Crippen molar-refractivity contribution in [3.8, 4) is 5.75 Å². The molecule has 0 unspecified atom stereocenters. The van der Waals surface area contributed by atoms with E-state index in [9.17, 15) is 5.11 Å². The Balaban J connectivity index is 2.43. The lowest BCUT2D eigenvalue weighted by Gasteiger charge is -2.30. The molecular weight excluding hydrogens is 208 g/mol. The molecule has 2 rings (SSSR count). The molecule has 0 bridgehead atoms. The summed E-state index contributed by atoms with van der Waals surface area (Å²) in [5.74, 6) is 0.528. The number of aromatic hydroxyl groups is 1. The SMILES string of the molecule is Cc1cc(C)c(O)c(C2(C)CCCCCC2)c1. The molecule has 0 atom stereocenters. The van der Waals surface area contributed by atoms with Crippen molar-refractivity contribution in [3.05, 3.63) is 28.8 Å². The van der Waals surface area contributed by atoms with Gasteiger partial charge >= 0.3 is 0 Å². The van der Waals surface area contributed by atoms with Crippen LogP contribution in [-0.2, 0) is 5.41 Å². The number of phenols is 1. The molecule has 17 heavy (non-hydrogen) atoms. The van der Waals surface area contributed by atoms with Gasteiger partial charge in [0.15, 0.2) is 0 Å². The Morgan fingerprint density at radius 2 is 1.59 bits per heavy atom. The maximum Gasteiger partial charge on any atom is 0.122 e. The lowest BCUT2D eigenvalue weighted by atomic mass is 9.75. The Morgan fingerprint density at radius 1 is 1.00 bits per heavy atom. The maximum atomic E-state index is 10.3. The normalized spacial score (nSPS) is 19.9. The molecule has 0 saturated heterocycles. The second-order valence-electron chi connectivity index (χ2n) is 5.95. The maximum absolute atomic E-state index is 10.3. The molecule has 1 aromatic carbocycles. The molecule has 1 saturated carbocycles. The molecule has 1 heteroatoms. The first-order chi connectivity index (χ1) is 8.03. The zero-order valence-electron chi connectivity index (χ0n) is 11.3. The van der Waals surface area contributed by atoms with Gasteiger partial charge in [0.05, 0.1) is 0 Å². The van der Waals surface area contributed by atoms with Gasteiger partial charge in [-0.1, -0.05) is 50.3 Å². The van der Waals surface area contributed by atoms with E-state index in [-0.39, 0.29) is 5.41 Å². The van der Waals surface area contributed by atoms with Crippen LogP contribution in [0.3, 0.4) is 0 Å². The van der Waals surface area contributed by atoms with Crippen molar-refractivity contribution in [1.82, 2.24) is 0 Å². The Bertz CT molecular complexity index is 398. The van der Waals surface area contributed by atoms with Crippen LogP contribution in [0.25, 0.3) is 0 Å². The van der Waals surface area contributed by atoms with Crippen LogP contribution in [0.15, 0.2) is 12.1 Å². The number of rotatable bonds is 1. The van der Waals surface area contributed by atoms with Gasteiger partial charge in [0.1, 0.15) is 5.75 Å². The van der Waals surface area contributed by atoms with Gasteiger partial charge in [-0.3, -0.25) is 0 Å². The second kappa shape index (κ2) is 4.72. The highest BCUT2D eigenvalue weighted by Crippen LogP contribution is 2.43. The fraction of sp³-hybridized carbons (Fsp3) is 0.625. The number of hydrogen-bond donors (Lipinski definition) is 1. The summed E-state index contributed by atoms with van der Waals surface area (Å²) in [5, 5.41) is 10.3. The van der Waals surface area contributed by atoms with Crippen LogP contribution in [0.5, 0.6) is 5.75 Å². The van der Waals surface area contributed by atoms with Crippen LogP contribution in [0.2, 0.25) is 0 Å². The smallest absolute Gasteiger partial charge is 0.122 e. The van der Waals surface area contributed by atoms with Crippen LogP contribution in [0.1, 0.15) is 62.1 Å². The van der Waals surface area contributed by atoms with Crippen LogP contribution < -0.4 is 0 Å². The van der Waals surface area contributed by atoms with Crippen molar-refractivity contribution in [2.45, 2.75) is 64.7 Å². The number of hydrogen-bond acceptors (Lipinski definition) is 1. The summed E-state index contributed by atoms with van der Waals surface area (Å²) >= 11 is 0. The Morgan fingerprint density at radius 3 is 2.18 bits per heavy atom. The van der Waals surface area contributed by atoms with Gasteiger partial charge < -0.3 is 5.11 Å². The van der Waals surface area contributed by atoms with E-state index in [4.69, 9.17) is 0 Å². The quantitative estimate of drug-likeness (QED) is 0.700. The molecule has 1 aliphatic rings. The van der Waals surface area contributed by atoms with Crippen molar-refractivity contribution in [3.63, 3.8) is 0 Å². The van der Waals surface area contributed by atoms with Crippen molar-refractivity contribution in [2.24, 2.45) is 0 Å². The molecule has 0 spiro atoms. The lowest BCUT2D eigenvalue weighted by molar-refractivity contribution is 0.378. The van der Waals surface area contributed by atoms with Gasteiger partial charge in [-0.05, 0) is 37.7 Å². The van der Waals surface area contributed by atoms with Crippen LogP contribution >= 0.6 is 0 Å². The summed E-state index contributed by atoms with van der Waals surface area (Å²) in [7, 11) is 0. The first kappa shape index (κ1) is 12.5. The standard InChI is InChI=1S/C16H24O/c1-12-10-13(2)15(17)14(11-12)16(3)8-6-4-5-7-9-16/h10-11,17H,4-9H2,1-3H3. The minimum absolute atomic E-state index is 0.178. The molecule has 1 nitrogen and oxygen atoms in total. The van der Waals surface area contributed by atoms with Crippen molar-refractivity contribution in [1.29, 1.82) is 0 Å². The van der Waals surface area contributed by atoms with Crippen LogP contribution in [-0.4, -0.2) is 5.11 Å². The van der Waals surface area contributed by atoms with E-state index in [1.807, 2.05) is 6.92 Å². The summed E-state index contributed by atoms with van der Waals surface area (Å²) in [6.07, 6.45) is 7.71. The Hall–Kier alpha value is -0.980. The molecular formula is C16H24O. The van der Waals surface area contributed by atoms with Crippen LogP contribution in [0.4, 0.5) is 0 Å². The molecule has 0 radical (unpaired) electrons. The summed E-state index contributed by atoms with van der Waals surface area (Å²) in [6, 6.07) is 4.26. The van der Waals surface area contributed by atoms with Crippen molar-refractivity contribution in [2.75, 3.05) is 0 Å². The molecule has 1 N–H and O–H groups in total. The third kappa shape index (κ3) is 2.48. The minimum Gasteiger partial charge on any atom is -0.507 e. The summed E-state index contributed by atoms with van der Waals surface area (Å²) < 4.78 is 0. The molecule has 1 aromatic rings. The van der Waals surface area contributed by atoms with Gasteiger partial charge in [0.25, 0.3) is 0 Å². The van der Waals surface area contributed by atoms with E-state index in [0.29, 0.717) is 5.75 Å². The fourth-order valence-electron chi connectivity index (χ4n) is 3.20. The van der Waals surface area contributed by atoms with Crippen molar-refractivity contribution < 1.29 is 5.11 Å². The molecule has 0 amide bonds. The molecule has 1 aliphatic carbocycles. The molecule has 0 aliphatic heterocycles. The predicted molar refractivity (Wildman–Crippen MR) is 72.6 cm³/mol. The monoisotopic (exact) mass is 232 g/mol. The van der Waals surface area contributed by atoms with Gasteiger partial charge in [-0.2, -0.15) is 0 Å². The van der Waals surface area contributed by atoms with Gasteiger partial charge in [-0.25, -0.2) is 0 Å². The van der Waals surface area contributed by atoms with Crippen LogP contribution in [0, 0.1) is 13.8 Å². The number of phenolic OH excluding ortho intramolecular Hbond substituents is 1. The summed E-state index contributed by atoms with van der Waals surface area (Å²) in [6.45, 7) is 6.45. The van der Waals surface area contributed by atoms with E-state index in [1.54, 1.807) is 0 Å². The van der Waals surface area contributed by atoms with E-state index in [1.165, 1.54) is 49.7 Å². The summed E-state index contributed by atoms with van der Waals surface area (Å²) in [4.78, 5) is 0. The second-order valence-corrected chi connectivity index (χ2v) is 5.95. The number of benzene rings is 1. The van der Waals surface area contributed by atoms with Gasteiger partial charge in [0.2, 0.25) is 0 Å². The van der Waals surface area contributed by atoms with Gasteiger partial charge in [0, 0.05) is 5.56 Å². The zero-order chi connectivity index (χ0) is 12.5. The van der Waals surface area contributed by atoms with E-state index >= 15 is 0 Å². The average Bonchev–Trinajstić information content (AvgIpc) is 2.49. The largest absolute Gasteiger partial charge is 0.507 e. The van der Waals surface area contributed by atoms with Gasteiger partial charge in [-0.15, -0.1) is 0 Å². The summed E-state index contributed by atoms with van der Waals surface area (Å²) in [5.41, 5.74) is 3.64. The first-order valence-electron chi connectivity index (χ1n) is 6.84. The van der Waals surface area contributed by atoms with E-state index < -0.39 is 0 Å². The fourth-order valence-corrected chi connectivity index (χ4v) is 3.20. The third-order valence-electron chi connectivity index (χ3n) is 4.30. The number of aryl methyl sites for hydroxylation is 2. The Kier molecular flexibility index (Phi) is 3.46. The molecule has 94 valence electrons. The van der Waals surface area contributed by atoms with E-state index in [0.717, 1.165) is 5.56 Å². The lowest BCUT2D eigenvalue weighted by Crippen LogP contribution is -2.21. The Labute approximate surface area is 105 Å². The first-order valence-corrected chi connectivity index (χ1v) is 6.84. The molecule has 0 aromatic heterocycles.